The first-order valence-corrected chi connectivity index (χ1v) is 5.25. The number of nitrogens with one attached hydrogen (secondary N) is 2. The summed E-state index contributed by atoms with van der Waals surface area (Å²) >= 11 is 0. The minimum Gasteiger partial charge on any atom is -0.320 e. The average Bonchev–Trinajstić information content (AvgIpc) is 2.91. The number of amides is 1. The summed E-state index contributed by atoms with van der Waals surface area (Å²) in [5.41, 5.74) is 6.28. The number of hydrogen-bond acceptors (Lipinski definition) is 4. The standard InChI is InChI=1S/C12H11N5O/c13-6-2-4-10-3-1-5-11(16-10)17-12(18)9-7-14-15-8-9/h1,3,5,7-8H,6,13H2,(H,14,15)(H,16,17,18). The Morgan fingerprint density at radius 3 is 3.11 bits per heavy atom. The molecular weight excluding hydrogens is 230 g/mol. The van der Waals surface area contributed by atoms with E-state index in [1.54, 1.807) is 18.2 Å². The molecule has 6 heteroatoms. The molecule has 0 aromatic carbocycles. The normalized spacial score (nSPS) is 9.39. The van der Waals surface area contributed by atoms with E-state index < -0.39 is 0 Å². The van der Waals surface area contributed by atoms with Gasteiger partial charge in [0.05, 0.1) is 18.3 Å². The number of aromatic nitrogens is 3. The molecule has 0 spiro atoms. The number of anilines is 1. The van der Waals surface area contributed by atoms with E-state index in [0.717, 1.165) is 0 Å². The molecule has 2 aromatic heterocycles. The number of aromatic amines is 1. The zero-order valence-corrected chi connectivity index (χ0v) is 9.47. The molecule has 0 aliphatic heterocycles. The van der Waals surface area contributed by atoms with Gasteiger partial charge in [-0.2, -0.15) is 5.10 Å². The van der Waals surface area contributed by atoms with Crippen LogP contribution in [0.5, 0.6) is 0 Å². The first-order chi connectivity index (χ1) is 8.79. The van der Waals surface area contributed by atoms with Gasteiger partial charge < -0.3 is 11.1 Å². The Morgan fingerprint density at radius 2 is 2.39 bits per heavy atom. The Hall–Kier alpha value is -2.65. The van der Waals surface area contributed by atoms with Crippen LogP contribution in [-0.2, 0) is 0 Å². The lowest BCUT2D eigenvalue weighted by Crippen LogP contribution is -2.12. The Kier molecular flexibility index (Phi) is 3.69. The van der Waals surface area contributed by atoms with Crippen LogP contribution in [0.15, 0.2) is 30.6 Å². The highest BCUT2D eigenvalue weighted by Crippen LogP contribution is 2.06. The molecular formula is C12H11N5O. The fraction of sp³-hybridized carbons (Fsp3) is 0.0833. The van der Waals surface area contributed by atoms with E-state index in [2.05, 4.69) is 32.3 Å². The zero-order valence-electron chi connectivity index (χ0n) is 9.47. The monoisotopic (exact) mass is 241 g/mol. The summed E-state index contributed by atoms with van der Waals surface area (Å²) in [4.78, 5) is 15.9. The molecule has 0 saturated carbocycles. The van der Waals surface area contributed by atoms with E-state index in [1.165, 1.54) is 12.4 Å². The van der Waals surface area contributed by atoms with Crippen LogP contribution in [0.3, 0.4) is 0 Å². The minimum absolute atomic E-state index is 0.271. The van der Waals surface area contributed by atoms with Gasteiger partial charge in [-0.25, -0.2) is 4.98 Å². The molecule has 0 aliphatic rings. The van der Waals surface area contributed by atoms with Gasteiger partial charge in [0, 0.05) is 6.20 Å². The van der Waals surface area contributed by atoms with Gasteiger partial charge in [-0.3, -0.25) is 9.89 Å². The lowest BCUT2D eigenvalue weighted by Gasteiger charge is -2.02. The number of pyridine rings is 1. The number of rotatable bonds is 2. The van der Waals surface area contributed by atoms with Gasteiger partial charge in [-0.05, 0) is 18.1 Å². The molecule has 0 radical (unpaired) electrons. The van der Waals surface area contributed by atoms with Crippen LogP contribution in [0.4, 0.5) is 5.82 Å². The second-order valence-electron chi connectivity index (χ2n) is 3.36. The summed E-state index contributed by atoms with van der Waals surface area (Å²) in [5.74, 6) is 5.65. The van der Waals surface area contributed by atoms with Gasteiger partial charge in [-0.15, -0.1) is 0 Å². The lowest BCUT2D eigenvalue weighted by atomic mass is 10.3. The highest BCUT2D eigenvalue weighted by Gasteiger charge is 2.07. The molecule has 0 atom stereocenters. The second kappa shape index (κ2) is 5.61. The van der Waals surface area contributed by atoms with Crippen molar-refractivity contribution in [2.75, 3.05) is 11.9 Å². The van der Waals surface area contributed by atoms with Gasteiger partial charge in [0.2, 0.25) is 0 Å². The second-order valence-corrected chi connectivity index (χ2v) is 3.36. The first-order valence-electron chi connectivity index (χ1n) is 5.25. The van der Waals surface area contributed by atoms with Gasteiger partial charge in [-0.1, -0.05) is 12.0 Å². The maximum absolute atomic E-state index is 11.7. The SMILES string of the molecule is NCC#Cc1cccc(NC(=O)c2cn[nH]c2)n1. The molecule has 2 aromatic rings. The molecule has 0 aliphatic carbocycles. The van der Waals surface area contributed by atoms with Crippen LogP contribution >= 0.6 is 0 Å². The summed E-state index contributed by atoms with van der Waals surface area (Å²) < 4.78 is 0. The molecule has 0 saturated heterocycles. The lowest BCUT2D eigenvalue weighted by molar-refractivity contribution is 0.102. The topological polar surface area (TPSA) is 96.7 Å². The Bertz CT molecular complexity index is 594. The number of hydrogen-bond donors (Lipinski definition) is 3. The van der Waals surface area contributed by atoms with E-state index in [0.29, 0.717) is 17.1 Å². The maximum atomic E-state index is 11.7. The predicted octanol–water partition coefficient (Wildman–Crippen LogP) is 0.367. The number of nitrogens with two attached hydrogens (primary N) is 1. The van der Waals surface area contributed by atoms with Crippen molar-refractivity contribution in [3.05, 3.63) is 41.9 Å². The molecule has 2 rings (SSSR count). The molecule has 4 N–H and O–H groups in total. The van der Waals surface area contributed by atoms with Crippen LogP contribution in [0.2, 0.25) is 0 Å². The van der Waals surface area contributed by atoms with Crippen LogP contribution < -0.4 is 11.1 Å². The van der Waals surface area contributed by atoms with Crippen LogP contribution in [-0.4, -0.2) is 27.6 Å². The number of H-pyrrole nitrogens is 1. The van der Waals surface area contributed by atoms with Crippen molar-refractivity contribution in [3.63, 3.8) is 0 Å². The van der Waals surface area contributed by atoms with E-state index >= 15 is 0 Å². The average molecular weight is 241 g/mol. The van der Waals surface area contributed by atoms with E-state index in [9.17, 15) is 4.79 Å². The minimum atomic E-state index is -0.278. The molecule has 90 valence electrons. The molecule has 1 amide bonds. The van der Waals surface area contributed by atoms with Crippen molar-refractivity contribution >= 4 is 11.7 Å². The third-order valence-electron chi connectivity index (χ3n) is 2.07. The highest BCUT2D eigenvalue weighted by atomic mass is 16.1. The first kappa shape index (κ1) is 11.8. The molecule has 18 heavy (non-hydrogen) atoms. The van der Waals surface area contributed by atoms with Crippen molar-refractivity contribution in [1.82, 2.24) is 15.2 Å². The van der Waals surface area contributed by atoms with Crippen molar-refractivity contribution in [2.24, 2.45) is 5.73 Å². The number of carbonyl (C=O) groups excluding carboxylic acids is 1. The van der Waals surface area contributed by atoms with E-state index in [4.69, 9.17) is 5.73 Å². The van der Waals surface area contributed by atoms with Gasteiger partial charge in [0.1, 0.15) is 11.5 Å². The van der Waals surface area contributed by atoms with E-state index in [1.807, 2.05) is 0 Å². The molecule has 0 unspecified atom stereocenters. The van der Waals surface area contributed by atoms with Crippen LogP contribution in [0.25, 0.3) is 0 Å². The van der Waals surface area contributed by atoms with Crippen molar-refractivity contribution < 1.29 is 4.79 Å². The fourth-order valence-corrected chi connectivity index (χ4v) is 1.28. The largest absolute Gasteiger partial charge is 0.320 e. The summed E-state index contributed by atoms with van der Waals surface area (Å²) in [7, 11) is 0. The third kappa shape index (κ3) is 2.93. The smallest absolute Gasteiger partial charge is 0.259 e. The molecule has 0 bridgehead atoms. The predicted molar refractivity (Wildman–Crippen MR) is 66.7 cm³/mol. The molecule has 2 heterocycles. The highest BCUT2D eigenvalue weighted by molar-refractivity contribution is 6.03. The Morgan fingerprint density at radius 1 is 1.50 bits per heavy atom. The van der Waals surface area contributed by atoms with Gasteiger partial charge in [0.15, 0.2) is 0 Å². The van der Waals surface area contributed by atoms with Crippen LogP contribution in [0.1, 0.15) is 16.1 Å². The number of carbonyl (C=O) groups is 1. The zero-order chi connectivity index (χ0) is 12.8. The van der Waals surface area contributed by atoms with Gasteiger partial charge >= 0.3 is 0 Å². The van der Waals surface area contributed by atoms with Crippen molar-refractivity contribution in [2.45, 2.75) is 0 Å². The quantitative estimate of drug-likeness (QED) is 0.662. The fourth-order valence-electron chi connectivity index (χ4n) is 1.28. The summed E-state index contributed by atoms with van der Waals surface area (Å²) in [6, 6.07) is 5.19. The Labute approximate surface area is 104 Å². The third-order valence-corrected chi connectivity index (χ3v) is 2.07. The summed E-state index contributed by atoms with van der Waals surface area (Å²) in [6.07, 6.45) is 2.95. The van der Waals surface area contributed by atoms with Crippen LogP contribution in [0, 0.1) is 11.8 Å². The maximum Gasteiger partial charge on any atom is 0.259 e. The van der Waals surface area contributed by atoms with E-state index in [-0.39, 0.29) is 12.5 Å². The Balaban J connectivity index is 2.12. The van der Waals surface area contributed by atoms with Crippen molar-refractivity contribution in [1.29, 1.82) is 0 Å². The van der Waals surface area contributed by atoms with Gasteiger partial charge in [0.25, 0.3) is 5.91 Å². The number of nitrogens with zero attached hydrogens (tertiary/aromatic N) is 2. The van der Waals surface area contributed by atoms with Crippen molar-refractivity contribution in [3.8, 4) is 11.8 Å². The summed E-state index contributed by atoms with van der Waals surface area (Å²) in [6.45, 7) is 0.271. The molecule has 6 nitrogen and oxygen atoms in total. The molecule has 0 fully saturated rings. The summed E-state index contributed by atoms with van der Waals surface area (Å²) in [5, 5.41) is 8.92.